The maximum Gasteiger partial charge on any atom is 0.357 e. The number of thiazole rings is 1. The van der Waals surface area contributed by atoms with E-state index in [1.54, 1.807) is 11.5 Å². The number of ether oxygens (including phenoxy) is 1. The van der Waals surface area contributed by atoms with Crippen molar-refractivity contribution in [2.75, 3.05) is 7.11 Å². The monoisotopic (exact) mass is 384 g/mol. The lowest BCUT2D eigenvalue weighted by Crippen LogP contribution is -2.40. The van der Waals surface area contributed by atoms with Gasteiger partial charge in [-0.05, 0) is 24.5 Å². The zero-order valence-electron chi connectivity index (χ0n) is 15.5. The molecule has 1 aliphatic carbocycles. The van der Waals surface area contributed by atoms with Crippen LogP contribution in [0.1, 0.15) is 53.2 Å². The molecule has 0 atom stereocenters. The van der Waals surface area contributed by atoms with Crippen LogP contribution in [0.15, 0.2) is 41.8 Å². The number of carbonyl (C=O) groups is 2. The van der Waals surface area contributed by atoms with Gasteiger partial charge in [-0.25, -0.2) is 9.78 Å². The van der Waals surface area contributed by atoms with Gasteiger partial charge in [-0.1, -0.05) is 49.6 Å². The molecule has 0 unspecified atom stereocenters. The van der Waals surface area contributed by atoms with Gasteiger partial charge < -0.3 is 9.64 Å². The maximum absolute atomic E-state index is 12.9. The molecule has 1 aromatic heterocycles. The molecule has 2 aromatic rings. The van der Waals surface area contributed by atoms with Crippen LogP contribution in [-0.2, 0) is 16.1 Å². The van der Waals surface area contributed by atoms with Gasteiger partial charge in [0.25, 0.3) is 0 Å². The fourth-order valence-corrected chi connectivity index (χ4v) is 4.10. The summed E-state index contributed by atoms with van der Waals surface area (Å²) in [4.78, 5) is 30.8. The lowest BCUT2D eigenvalue weighted by Gasteiger charge is -2.33. The highest BCUT2D eigenvalue weighted by atomic mass is 32.1. The van der Waals surface area contributed by atoms with E-state index in [1.807, 2.05) is 41.3 Å². The summed E-state index contributed by atoms with van der Waals surface area (Å²) in [6.45, 7) is 0.421. The van der Waals surface area contributed by atoms with E-state index in [4.69, 9.17) is 4.74 Å². The Balaban J connectivity index is 1.76. The minimum atomic E-state index is -0.447. The van der Waals surface area contributed by atoms with E-state index in [-0.39, 0.29) is 11.9 Å². The van der Waals surface area contributed by atoms with Crippen LogP contribution in [0.25, 0.3) is 6.08 Å². The lowest BCUT2D eigenvalue weighted by molar-refractivity contribution is -0.129. The van der Waals surface area contributed by atoms with Crippen LogP contribution in [0, 0.1) is 0 Å². The predicted octanol–water partition coefficient (Wildman–Crippen LogP) is 4.30. The molecule has 142 valence electrons. The molecular formula is C21H24N2O3S. The molecule has 6 heteroatoms. The van der Waals surface area contributed by atoms with Gasteiger partial charge in [0.05, 0.1) is 13.7 Å². The van der Waals surface area contributed by atoms with Crippen molar-refractivity contribution >= 4 is 29.3 Å². The molecule has 3 rings (SSSR count). The van der Waals surface area contributed by atoms with Crippen molar-refractivity contribution in [3.63, 3.8) is 0 Å². The van der Waals surface area contributed by atoms with E-state index in [0.717, 1.165) is 36.3 Å². The van der Waals surface area contributed by atoms with Gasteiger partial charge in [0.15, 0.2) is 5.69 Å². The summed E-state index contributed by atoms with van der Waals surface area (Å²) in [5, 5.41) is 2.44. The topological polar surface area (TPSA) is 59.5 Å². The van der Waals surface area contributed by atoms with Crippen molar-refractivity contribution < 1.29 is 14.3 Å². The Hall–Kier alpha value is -2.47. The predicted molar refractivity (Wildman–Crippen MR) is 106 cm³/mol. The Labute approximate surface area is 163 Å². The summed E-state index contributed by atoms with van der Waals surface area (Å²) in [6.07, 6.45) is 9.02. The minimum Gasteiger partial charge on any atom is -0.464 e. The first-order valence-electron chi connectivity index (χ1n) is 9.24. The number of carbonyl (C=O) groups excluding carboxylic acids is 2. The van der Waals surface area contributed by atoms with E-state index in [0.29, 0.717) is 12.2 Å². The molecule has 1 aliphatic rings. The van der Waals surface area contributed by atoms with E-state index in [9.17, 15) is 9.59 Å². The number of aromatic nitrogens is 1. The molecule has 0 N–H and O–H groups in total. The second-order valence-electron chi connectivity index (χ2n) is 6.62. The first kappa shape index (κ1) is 19.3. The molecule has 0 bridgehead atoms. The summed E-state index contributed by atoms with van der Waals surface area (Å²) in [5.41, 5.74) is 1.30. The van der Waals surface area contributed by atoms with Crippen LogP contribution < -0.4 is 0 Å². The van der Waals surface area contributed by atoms with Crippen LogP contribution in [0.4, 0.5) is 0 Å². The number of amides is 1. The molecule has 5 nitrogen and oxygen atoms in total. The van der Waals surface area contributed by atoms with Gasteiger partial charge in [0.2, 0.25) is 5.91 Å². The van der Waals surface area contributed by atoms with Crippen LogP contribution in [0.5, 0.6) is 0 Å². The maximum atomic E-state index is 12.9. The molecule has 0 aliphatic heterocycles. The van der Waals surface area contributed by atoms with E-state index in [2.05, 4.69) is 4.98 Å². The molecular weight excluding hydrogens is 360 g/mol. The zero-order chi connectivity index (χ0) is 19.1. The van der Waals surface area contributed by atoms with Crippen LogP contribution in [0.2, 0.25) is 0 Å². The Morgan fingerprint density at radius 1 is 1.22 bits per heavy atom. The highest BCUT2D eigenvalue weighted by molar-refractivity contribution is 7.09. The largest absolute Gasteiger partial charge is 0.464 e. The third-order valence-electron chi connectivity index (χ3n) is 4.77. The first-order chi connectivity index (χ1) is 13.2. The normalized spacial score (nSPS) is 15.0. The van der Waals surface area contributed by atoms with Gasteiger partial charge >= 0.3 is 5.97 Å². The third kappa shape index (κ3) is 5.26. The number of hydrogen-bond acceptors (Lipinski definition) is 5. The fraction of sp³-hybridized carbons (Fsp3) is 0.381. The Bertz CT molecular complexity index is 795. The Morgan fingerprint density at radius 3 is 2.67 bits per heavy atom. The summed E-state index contributed by atoms with van der Waals surface area (Å²) >= 11 is 1.39. The van der Waals surface area contributed by atoms with Crippen LogP contribution >= 0.6 is 11.3 Å². The minimum absolute atomic E-state index is 0.0134. The SMILES string of the molecule is COC(=O)c1csc(CN(C(=O)C=Cc2ccccc2)C2CCCCC2)n1. The molecule has 1 saturated carbocycles. The van der Waals surface area contributed by atoms with Crippen molar-refractivity contribution in [2.24, 2.45) is 0 Å². The quantitative estimate of drug-likeness (QED) is 0.550. The van der Waals surface area contributed by atoms with Crippen molar-refractivity contribution in [3.8, 4) is 0 Å². The van der Waals surface area contributed by atoms with Crippen molar-refractivity contribution in [1.82, 2.24) is 9.88 Å². The van der Waals surface area contributed by atoms with E-state index in [1.165, 1.54) is 24.9 Å². The number of nitrogens with zero attached hydrogens (tertiary/aromatic N) is 2. The summed E-state index contributed by atoms with van der Waals surface area (Å²) < 4.78 is 4.72. The highest BCUT2D eigenvalue weighted by Gasteiger charge is 2.25. The number of methoxy groups -OCH3 is 1. The van der Waals surface area contributed by atoms with E-state index < -0.39 is 5.97 Å². The van der Waals surface area contributed by atoms with E-state index >= 15 is 0 Å². The second-order valence-corrected chi connectivity index (χ2v) is 7.56. The third-order valence-corrected chi connectivity index (χ3v) is 5.60. The van der Waals surface area contributed by atoms with Gasteiger partial charge in [0, 0.05) is 17.5 Å². The fourth-order valence-electron chi connectivity index (χ4n) is 3.33. The molecule has 0 saturated heterocycles. The molecule has 0 spiro atoms. The van der Waals surface area contributed by atoms with Crippen molar-refractivity contribution in [3.05, 3.63) is 58.1 Å². The average molecular weight is 385 g/mol. The Kier molecular flexibility index (Phi) is 6.76. The summed E-state index contributed by atoms with van der Waals surface area (Å²) in [7, 11) is 1.34. The first-order valence-corrected chi connectivity index (χ1v) is 10.1. The zero-order valence-corrected chi connectivity index (χ0v) is 16.3. The summed E-state index contributed by atoms with van der Waals surface area (Å²) in [6, 6.07) is 10.0. The van der Waals surface area contributed by atoms with Gasteiger partial charge in [-0.15, -0.1) is 11.3 Å². The van der Waals surface area contributed by atoms with Crippen molar-refractivity contribution in [2.45, 2.75) is 44.7 Å². The molecule has 1 heterocycles. The molecule has 1 amide bonds. The van der Waals surface area contributed by atoms with Gasteiger partial charge in [-0.2, -0.15) is 0 Å². The number of rotatable bonds is 6. The van der Waals surface area contributed by atoms with Gasteiger partial charge in [-0.3, -0.25) is 4.79 Å². The molecule has 1 fully saturated rings. The highest BCUT2D eigenvalue weighted by Crippen LogP contribution is 2.25. The molecule has 27 heavy (non-hydrogen) atoms. The number of hydrogen-bond donors (Lipinski definition) is 0. The standard InChI is InChI=1S/C21H24N2O3S/c1-26-21(25)18-15-27-19(22-18)14-23(17-10-6-3-7-11-17)20(24)13-12-16-8-4-2-5-9-16/h2,4-5,8-9,12-13,15,17H,3,6-7,10-11,14H2,1H3. The van der Waals surface area contributed by atoms with Crippen molar-refractivity contribution in [1.29, 1.82) is 0 Å². The smallest absolute Gasteiger partial charge is 0.357 e. The number of esters is 1. The summed E-state index contributed by atoms with van der Waals surface area (Å²) in [5.74, 6) is -0.461. The van der Waals surface area contributed by atoms with Crippen LogP contribution in [-0.4, -0.2) is 34.9 Å². The lowest BCUT2D eigenvalue weighted by atomic mass is 9.94. The molecule has 1 aromatic carbocycles. The van der Waals surface area contributed by atoms with Crippen LogP contribution in [0.3, 0.4) is 0 Å². The number of benzene rings is 1. The van der Waals surface area contributed by atoms with Gasteiger partial charge in [0.1, 0.15) is 5.01 Å². The second kappa shape index (κ2) is 9.46. The average Bonchev–Trinajstić information content (AvgIpc) is 3.20. The Morgan fingerprint density at radius 2 is 1.96 bits per heavy atom. The molecule has 0 radical (unpaired) electrons.